The predicted octanol–water partition coefficient (Wildman–Crippen LogP) is -1.00. The van der Waals surface area contributed by atoms with Crippen LogP contribution in [0.2, 0.25) is 0 Å². The lowest BCUT2D eigenvalue weighted by atomic mass is 9.72. The van der Waals surface area contributed by atoms with Gasteiger partial charge in [0.05, 0.1) is 24.7 Å². The molecule has 1 aliphatic heterocycles. The molecule has 0 aromatic carbocycles. The zero-order chi connectivity index (χ0) is 27.7. The van der Waals surface area contributed by atoms with Crippen molar-refractivity contribution in [2.45, 2.75) is 44.8 Å². The van der Waals surface area contributed by atoms with Gasteiger partial charge in [0.15, 0.2) is 23.2 Å². The molecule has 200 valence electrons. The molecule has 8 N–H and O–H groups in total. The molecule has 1 unspecified atom stereocenters. The summed E-state index contributed by atoms with van der Waals surface area (Å²) in [5.74, 6) is -4.19. The minimum atomic E-state index is -1.43. The van der Waals surface area contributed by atoms with Gasteiger partial charge in [-0.25, -0.2) is 4.98 Å². The second-order valence-electron chi connectivity index (χ2n) is 7.57. The van der Waals surface area contributed by atoms with Gasteiger partial charge in [-0.3, -0.25) is 19.2 Å². The normalized spacial score (nSPS) is 17.4. The van der Waals surface area contributed by atoms with Crippen LogP contribution in [0.1, 0.15) is 37.6 Å². The number of carbonyl (C=O) groups is 3. The number of rotatable bonds is 8. The lowest BCUT2D eigenvalue weighted by Crippen LogP contribution is -2.54. The van der Waals surface area contributed by atoms with Gasteiger partial charge in [0.1, 0.15) is 11.4 Å². The highest BCUT2D eigenvalue weighted by atomic mass is 32.1. The Hall–Kier alpha value is -4.16. The number of aliphatic carboxylic acids is 2. The van der Waals surface area contributed by atoms with E-state index in [-0.39, 0.29) is 35.1 Å². The fourth-order valence-electron chi connectivity index (χ4n) is 3.02. The van der Waals surface area contributed by atoms with E-state index in [0.29, 0.717) is 11.2 Å². The van der Waals surface area contributed by atoms with Crippen molar-refractivity contribution in [1.29, 1.82) is 0 Å². The van der Waals surface area contributed by atoms with Crippen molar-refractivity contribution in [3.05, 3.63) is 39.3 Å². The van der Waals surface area contributed by atoms with E-state index in [4.69, 9.17) is 30.2 Å². The molecule has 18 heteroatoms. The summed E-state index contributed by atoms with van der Waals surface area (Å²) in [6.45, 7) is 0.647. The molecule has 2 aromatic heterocycles. The van der Waals surface area contributed by atoms with Gasteiger partial charge in [-0.1, -0.05) is 5.16 Å². The van der Waals surface area contributed by atoms with E-state index < -0.39 is 54.8 Å². The summed E-state index contributed by atoms with van der Waals surface area (Å²) in [4.78, 5) is 53.3. The summed E-state index contributed by atoms with van der Waals surface area (Å²) in [6, 6.07) is 0.925. The highest BCUT2D eigenvalue weighted by Gasteiger charge is 2.37. The molecular formula is C19H24BN5O11S. The number of nitrogens with zero attached hydrogens (tertiary/aromatic N) is 3. The fourth-order valence-corrected chi connectivity index (χ4v) is 3.57. The molecule has 2 atom stereocenters. The Bertz CT molecular complexity index is 1210. The number of nitrogens with one attached hydrogen (secondary N) is 1. The molecule has 0 radical (unpaired) electrons. The van der Waals surface area contributed by atoms with Crippen LogP contribution in [0.5, 0.6) is 5.75 Å². The number of hydrogen-bond acceptors (Lipinski definition) is 13. The molecule has 1 aliphatic rings. The van der Waals surface area contributed by atoms with Crippen LogP contribution in [0.15, 0.2) is 27.6 Å². The highest BCUT2D eigenvalue weighted by molar-refractivity contribution is 7.13. The summed E-state index contributed by atoms with van der Waals surface area (Å²) in [6.07, 6.45) is 0.380. The van der Waals surface area contributed by atoms with Crippen molar-refractivity contribution < 1.29 is 49.4 Å². The van der Waals surface area contributed by atoms with Crippen molar-refractivity contribution in [3.8, 4) is 5.75 Å². The zero-order valence-electron chi connectivity index (χ0n) is 19.3. The Morgan fingerprint density at radius 3 is 2.62 bits per heavy atom. The second-order valence-corrected chi connectivity index (χ2v) is 8.46. The molecule has 2 aromatic rings. The van der Waals surface area contributed by atoms with Gasteiger partial charge in [-0.15, -0.1) is 11.3 Å². The number of nitrogens with two attached hydrogens (primary N) is 1. The maximum atomic E-state index is 12.8. The first-order chi connectivity index (χ1) is 17.4. The first-order valence-corrected chi connectivity index (χ1v) is 11.4. The average molecular weight is 541 g/mol. The number of carbonyl (C=O) groups excluding carboxylic acids is 1. The van der Waals surface area contributed by atoms with Crippen LogP contribution in [0.25, 0.3) is 0 Å². The number of nitrogen functional groups attached to an aromatic ring is 1. The number of aromatic nitrogens is 2. The Balaban J connectivity index is 0.00000112. The third-order valence-corrected chi connectivity index (χ3v) is 5.31. The largest absolute Gasteiger partial charge is 0.503 e. The molecule has 1 fully saturated rings. The van der Waals surface area contributed by atoms with Crippen LogP contribution in [0.3, 0.4) is 0 Å². The van der Waals surface area contributed by atoms with Crippen molar-refractivity contribution >= 4 is 47.1 Å². The molecule has 0 aliphatic carbocycles. The molecular weight excluding hydrogens is 517 g/mol. The van der Waals surface area contributed by atoms with Gasteiger partial charge < -0.3 is 46.1 Å². The van der Waals surface area contributed by atoms with Crippen molar-refractivity contribution in [3.63, 3.8) is 0 Å². The average Bonchev–Trinajstić information content (AvgIpc) is 3.21. The number of aromatic hydroxyl groups is 1. The third kappa shape index (κ3) is 9.10. The Kier molecular flexibility index (Phi) is 10.4. The van der Waals surface area contributed by atoms with E-state index in [9.17, 15) is 29.7 Å². The number of hydrogen-bond donors (Lipinski definition) is 7. The van der Waals surface area contributed by atoms with Crippen molar-refractivity contribution in [2.75, 3.05) is 5.73 Å². The quantitative estimate of drug-likeness (QED) is 0.0917. The molecule has 3 heterocycles. The van der Waals surface area contributed by atoms with E-state index in [1.54, 1.807) is 0 Å². The van der Waals surface area contributed by atoms with Crippen LogP contribution in [-0.2, 0) is 30.5 Å². The van der Waals surface area contributed by atoms with Gasteiger partial charge in [0.2, 0.25) is 5.43 Å². The summed E-state index contributed by atoms with van der Waals surface area (Å²) >= 11 is 1.05. The maximum Gasteiger partial charge on any atom is 0.478 e. The lowest BCUT2D eigenvalue weighted by molar-refractivity contribution is -0.139. The van der Waals surface area contributed by atoms with Gasteiger partial charge in [0.25, 0.3) is 11.9 Å². The van der Waals surface area contributed by atoms with Gasteiger partial charge in [-0.05, 0) is 12.8 Å². The monoisotopic (exact) mass is 541 g/mol. The molecule has 1 saturated heterocycles. The SMILES string of the molecule is CC(=O)O.Nc1nc(/C(=N/OCc2cc(=O)c(O)cn2O)C(=O)N[C@H]2CCC(CC(=O)O)OB2O)cs1. The summed E-state index contributed by atoms with van der Waals surface area (Å²) in [5, 5.41) is 53.4. The van der Waals surface area contributed by atoms with E-state index in [1.807, 2.05) is 0 Å². The highest BCUT2D eigenvalue weighted by Crippen LogP contribution is 2.19. The van der Waals surface area contributed by atoms with Gasteiger partial charge in [-0.2, -0.15) is 4.73 Å². The van der Waals surface area contributed by atoms with Crippen LogP contribution >= 0.6 is 11.3 Å². The standard InChI is InChI=1S/C17H20BN5O9S.C2H4O2/c19-17-20-10(7-33-17)15(22-31-6-8-3-11(24)12(25)5-23(8)30)16(28)21-13-2-1-9(4-14(26)27)32-18(13)29;1-2(3)4/h3,5,7,9,13,25,29-30H,1-2,4,6H2,(H2,19,20)(H,21,28)(H,26,27);1H3,(H,3,4)/b22-15-;/t9?,13-;/m0./s1. The van der Waals surface area contributed by atoms with Gasteiger partial charge in [0, 0.05) is 18.4 Å². The minimum absolute atomic E-state index is 0.0559. The Morgan fingerprint density at radius 1 is 1.38 bits per heavy atom. The van der Waals surface area contributed by atoms with E-state index in [1.165, 1.54) is 5.38 Å². The maximum absolute atomic E-state index is 12.8. The molecule has 0 bridgehead atoms. The number of pyridine rings is 1. The van der Waals surface area contributed by atoms with Crippen LogP contribution in [0.4, 0.5) is 5.13 Å². The number of amides is 1. The molecule has 16 nitrogen and oxygen atoms in total. The summed E-state index contributed by atoms with van der Waals surface area (Å²) in [7, 11) is -1.43. The van der Waals surface area contributed by atoms with Crippen LogP contribution < -0.4 is 16.5 Å². The number of oxime groups is 1. The molecule has 0 saturated carbocycles. The third-order valence-electron chi connectivity index (χ3n) is 4.63. The van der Waals surface area contributed by atoms with Crippen molar-refractivity contribution in [2.24, 2.45) is 5.16 Å². The number of anilines is 1. The van der Waals surface area contributed by atoms with E-state index in [2.05, 4.69) is 15.5 Å². The van der Waals surface area contributed by atoms with Crippen LogP contribution in [0, 0.1) is 0 Å². The molecule has 37 heavy (non-hydrogen) atoms. The topological polar surface area (TPSA) is 256 Å². The summed E-state index contributed by atoms with van der Waals surface area (Å²) in [5.41, 5.74) is 4.60. The molecule has 3 rings (SSSR count). The van der Waals surface area contributed by atoms with Gasteiger partial charge >= 0.3 is 13.1 Å². The Morgan fingerprint density at radius 2 is 2.05 bits per heavy atom. The number of carboxylic acid groups (broad SMARTS) is 2. The van der Waals surface area contributed by atoms with Crippen molar-refractivity contribution in [1.82, 2.24) is 15.0 Å². The first-order valence-electron chi connectivity index (χ1n) is 10.5. The van der Waals surface area contributed by atoms with E-state index in [0.717, 1.165) is 30.5 Å². The number of carboxylic acids is 2. The Labute approximate surface area is 212 Å². The van der Waals surface area contributed by atoms with Crippen LogP contribution in [-0.4, -0.2) is 78.0 Å². The number of thiazole rings is 1. The molecule has 0 spiro atoms. The lowest BCUT2D eigenvalue weighted by Gasteiger charge is -2.30. The van der Waals surface area contributed by atoms with E-state index >= 15 is 0 Å². The predicted molar refractivity (Wildman–Crippen MR) is 127 cm³/mol. The fraction of sp³-hybridized carbons (Fsp3) is 0.368. The molecule has 1 amide bonds. The first kappa shape index (κ1) is 29.1. The second kappa shape index (κ2) is 13.2. The zero-order valence-corrected chi connectivity index (χ0v) is 20.1. The minimum Gasteiger partial charge on any atom is -0.503 e. The smallest absolute Gasteiger partial charge is 0.478 e. The summed E-state index contributed by atoms with van der Waals surface area (Å²) < 4.78 is 5.72.